The van der Waals surface area contributed by atoms with Gasteiger partial charge in [0.15, 0.2) is 9.84 Å². The van der Waals surface area contributed by atoms with E-state index in [1.807, 2.05) is 6.92 Å². The Labute approximate surface area is 116 Å². The predicted molar refractivity (Wildman–Crippen MR) is 76.5 cm³/mol. The lowest BCUT2D eigenvalue weighted by Gasteiger charge is -2.12. The maximum absolute atomic E-state index is 12.0. The number of benzene rings is 1. The molecule has 2 nitrogen and oxygen atoms in total. The maximum atomic E-state index is 12.0. The minimum Gasteiger partial charge on any atom is -0.228 e. The highest BCUT2D eigenvalue weighted by molar-refractivity contribution is 9.09. The van der Waals surface area contributed by atoms with E-state index in [0.717, 1.165) is 6.42 Å². The van der Waals surface area contributed by atoms with Gasteiger partial charge in [0.25, 0.3) is 0 Å². The van der Waals surface area contributed by atoms with Crippen molar-refractivity contribution in [2.75, 3.05) is 11.1 Å². The van der Waals surface area contributed by atoms with Crippen molar-refractivity contribution in [2.45, 2.75) is 19.1 Å². The van der Waals surface area contributed by atoms with Gasteiger partial charge >= 0.3 is 0 Å². The Hall–Kier alpha value is -0.0600. The average Bonchev–Trinajstić information content (AvgIpc) is 2.29. The first-order valence-electron chi connectivity index (χ1n) is 5.48. The van der Waals surface area contributed by atoms with Gasteiger partial charge in [0.1, 0.15) is 0 Å². The number of alkyl halides is 1. The predicted octanol–water partition coefficient (Wildman–Crippen LogP) is 3.68. The van der Waals surface area contributed by atoms with Gasteiger partial charge in [0.2, 0.25) is 0 Å². The van der Waals surface area contributed by atoms with Gasteiger partial charge in [0.05, 0.1) is 11.5 Å². The molecule has 0 amide bonds. The highest BCUT2D eigenvalue weighted by atomic mass is 79.9. The Morgan fingerprint density at radius 2 is 2.00 bits per heavy atom. The molecule has 0 heterocycles. The van der Waals surface area contributed by atoms with Gasteiger partial charge in [-0.3, -0.25) is 0 Å². The number of hydrogen-bond acceptors (Lipinski definition) is 2. The quantitative estimate of drug-likeness (QED) is 0.741. The van der Waals surface area contributed by atoms with E-state index in [2.05, 4.69) is 15.9 Å². The lowest BCUT2D eigenvalue weighted by atomic mass is 10.2. The van der Waals surface area contributed by atoms with Crippen molar-refractivity contribution in [3.8, 4) is 0 Å². The van der Waals surface area contributed by atoms with Crippen LogP contribution < -0.4 is 0 Å². The fourth-order valence-corrected chi connectivity index (χ4v) is 4.73. The van der Waals surface area contributed by atoms with Crippen molar-refractivity contribution in [2.24, 2.45) is 5.92 Å². The van der Waals surface area contributed by atoms with Gasteiger partial charge in [-0.2, -0.15) is 0 Å². The lowest BCUT2D eigenvalue weighted by molar-refractivity contribution is 0.568. The summed E-state index contributed by atoms with van der Waals surface area (Å²) in [4.78, 5) is 0. The van der Waals surface area contributed by atoms with Crippen LogP contribution in [0.5, 0.6) is 0 Å². The van der Waals surface area contributed by atoms with E-state index >= 15 is 0 Å². The normalized spacial score (nSPS) is 13.6. The van der Waals surface area contributed by atoms with E-state index in [1.54, 1.807) is 24.3 Å². The fraction of sp³-hybridized carbons (Fsp3) is 0.500. The second-order valence-electron chi connectivity index (χ2n) is 4.07. The van der Waals surface area contributed by atoms with E-state index < -0.39 is 9.84 Å². The summed E-state index contributed by atoms with van der Waals surface area (Å²) in [7, 11) is -3.10. The molecule has 0 fully saturated rings. The van der Waals surface area contributed by atoms with Gasteiger partial charge in [-0.15, -0.1) is 0 Å². The van der Waals surface area contributed by atoms with Crippen LogP contribution >= 0.6 is 27.5 Å². The average molecular weight is 340 g/mol. The molecule has 0 spiro atoms. The first kappa shape index (κ1) is 15.0. The highest BCUT2D eigenvalue weighted by Crippen LogP contribution is 2.20. The summed E-state index contributed by atoms with van der Waals surface area (Å²) in [5.41, 5.74) is 0.679. The Morgan fingerprint density at radius 1 is 1.35 bits per heavy atom. The molecule has 17 heavy (non-hydrogen) atoms. The highest BCUT2D eigenvalue weighted by Gasteiger charge is 2.18. The molecule has 1 unspecified atom stereocenters. The van der Waals surface area contributed by atoms with Crippen molar-refractivity contribution < 1.29 is 8.42 Å². The van der Waals surface area contributed by atoms with Crippen LogP contribution in [0.25, 0.3) is 0 Å². The standard InChI is InChI=1S/C12H16BrClO2S/c1-2-10(7-13)8-17(15,16)9-11-5-3-4-6-12(11)14/h3-6,10H,2,7-9H2,1H3. The van der Waals surface area contributed by atoms with Gasteiger partial charge < -0.3 is 0 Å². The van der Waals surface area contributed by atoms with Crippen LogP contribution in [0, 0.1) is 5.92 Å². The van der Waals surface area contributed by atoms with Crippen LogP contribution in [0.4, 0.5) is 0 Å². The fourth-order valence-electron chi connectivity index (χ4n) is 1.54. The molecule has 1 aromatic carbocycles. The third-order valence-corrected chi connectivity index (χ3v) is 5.63. The molecule has 0 aromatic heterocycles. The number of sulfone groups is 1. The molecule has 0 aliphatic rings. The van der Waals surface area contributed by atoms with E-state index in [0.29, 0.717) is 15.9 Å². The summed E-state index contributed by atoms with van der Waals surface area (Å²) in [6.45, 7) is 2.00. The summed E-state index contributed by atoms with van der Waals surface area (Å²) >= 11 is 9.30. The topological polar surface area (TPSA) is 34.1 Å². The van der Waals surface area contributed by atoms with Crippen LogP contribution in [0.1, 0.15) is 18.9 Å². The van der Waals surface area contributed by atoms with Gasteiger partial charge in [-0.1, -0.05) is 59.1 Å². The first-order valence-corrected chi connectivity index (χ1v) is 8.80. The minimum absolute atomic E-state index is 0.0240. The smallest absolute Gasteiger partial charge is 0.154 e. The Morgan fingerprint density at radius 3 is 2.53 bits per heavy atom. The summed E-state index contributed by atoms with van der Waals surface area (Å²) in [5.74, 6) is 0.401. The summed E-state index contributed by atoms with van der Waals surface area (Å²) in [6.07, 6.45) is 0.854. The number of halogens is 2. The van der Waals surface area contributed by atoms with Gasteiger partial charge in [-0.05, 0) is 17.5 Å². The van der Waals surface area contributed by atoms with Crippen LogP contribution in [-0.2, 0) is 15.6 Å². The molecule has 1 rings (SSSR count). The maximum Gasteiger partial charge on any atom is 0.154 e. The molecule has 96 valence electrons. The minimum atomic E-state index is -3.10. The van der Waals surface area contributed by atoms with Crippen LogP contribution in [0.3, 0.4) is 0 Å². The van der Waals surface area contributed by atoms with Crippen LogP contribution in [0.2, 0.25) is 5.02 Å². The molecule has 1 atom stereocenters. The molecule has 0 saturated carbocycles. The third kappa shape index (κ3) is 4.98. The molecule has 0 N–H and O–H groups in total. The molecule has 0 aliphatic heterocycles. The first-order chi connectivity index (χ1) is 7.98. The van der Waals surface area contributed by atoms with Crippen molar-refractivity contribution in [1.82, 2.24) is 0 Å². The lowest BCUT2D eigenvalue weighted by Crippen LogP contribution is -2.18. The number of rotatable bonds is 6. The van der Waals surface area contributed by atoms with E-state index in [-0.39, 0.29) is 17.4 Å². The largest absolute Gasteiger partial charge is 0.228 e. The monoisotopic (exact) mass is 338 g/mol. The molecule has 0 saturated heterocycles. The molecular formula is C12H16BrClO2S. The molecule has 1 aromatic rings. The van der Waals surface area contributed by atoms with Crippen molar-refractivity contribution in [3.63, 3.8) is 0 Å². The summed E-state index contributed by atoms with van der Waals surface area (Å²) < 4.78 is 24.0. The van der Waals surface area contributed by atoms with Crippen molar-refractivity contribution >= 4 is 37.4 Å². The van der Waals surface area contributed by atoms with Crippen LogP contribution in [-0.4, -0.2) is 19.5 Å². The van der Waals surface area contributed by atoms with Crippen molar-refractivity contribution in [3.05, 3.63) is 34.9 Å². The Balaban J connectivity index is 2.77. The Bertz CT molecular complexity index is 455. The molecule has 5 heteroatoms. The summed E-state index contributed by atoms with van der Waals surface area (Å²) in [6, 6.07) is 7.08. The molecular weight excluding hydrogens is 324 g/mol. The SMILES string of the molecule is CCC(CBr)CS(=O)(=O)Cc1ccccc1Cl. The van der Waals surface area contributed by atoms with E-state index in [4.69, 9.17) is 11.6 Å². The van der Waals surface area contributed by atoms with E-state index in [9.17, 15) is 8.42 Å². The zero-order chi connectivity index (χ0) is 12.9. The van der Waals surface area contributed by atoms with Crippen LogP contribution in [0.15, 0.2) is 24.3 Å². The summed E-state index contributed by atoms with van der Waals surface area (Å²) in [5, 5.41) is 1.23. The van der Waals surface area contributed by atoms with Gasteiger partial charge in [0, 0.05) is 10.4 Å². The zero-order valence-corrected chi connectivity index (χ0v) is 12.9. The second kappa shape index (κ2) is 6.76. The van der Waals surface area contributed by atoms with Gasteiger partial charge in [-0.25, -0.2) is 8.42 Å². The molecule has 0 aliphatic carbocycles. The number of hydrogen-bond donors (Lipinski definition) is 0. The van der Waals surface area contributed by atoms with Crippen molar-refractivity contribution in [1.29, 1.82) is 0 Å². The molecule has 0 bridgehead atoms. The molecule has 0 radical (unpaired) electrons. The van der Waals surface area contributed by atoms with E-state index in [1.165, 1.54) is 0 Å². The Kier molecular flexibility index (Phi) is 5.97. The zero-order valence-electron chi connectivity index (χ0n) is 9.70. The third-order valence-electron chi connectivity index (χ3n) is 2.62. The second-order valence-corrected chi connectivity index (χ2v) is 7.24.